The average Bonchev–Trinajstić information content (AvgIpc) is 1.88. The van der Waals surface area contributed by atoms with Gasteiger partial charge in [-0.3, -0.25) is 4.79 Å². The molecule has 64 valence electrons. The maximum absolute atomic E-state index is 10.3. The van der Waals surface area contributed by atoms with Gasteiger partial charge in [-0.1, -0.05) is 19.3 Å². The van der Waals surface area contributed by atoms with Crippen molar-refractivity contribution in [2.24, 2.45) is 5.92 Å². The summed E-state index contributed by atoms with van der Waals surface area (Å²) in [6.07, 6.45) is 6.42. The molecular weight excluding hydrogens is 335 g/mol. The normalized spacial score (nSPS) is 18.9. The molecule has 0 aromatic carbocycles. The van der Waals surface area contributed by atoms with Crippen LogP contribution in [0.3, 0.4) is 0 Å². The molecule has 0 aromatic rings. The fourth-order valence-electron chi connectivity index (χ4n) is 1.64. The molecule has 2 radical (unpaired) electrons. The Kier molecular flexibility index (Phi) is 6.18. The molecule has 0 atom stereocenters. The van der Waals surface area contributed by atoms with Crippen LogP contribution in [0.4, 0.5) is 0 Å². The number of rotatable bonds is 2. The Hall–Kier alpha value is 0.392. The van der Waals surface area contributed by atoms with Gasteiger partial charge in [0.15, 0.2) is 0 Å². The molecule has 1 N–H and O–H groups in total. The van der Waals surface area contributed by atoms with Crippen molar-refractivity contribution >= 4 is 33.3 Å². The van der Waals surface area contributed by atoms with Gasteiger partial charge in [0.2, 0.25) is 0 Å². The third kappa shape index (κ3) is 4.77. The maximum atomic E-state index is 10.3. The molecule has 1 rings (SSSR count). The van der Waals surface area contributed by atoms with Gasteiger partial charge in [0.25, 0.3) is 0 Å². The first kappa shape index (κ1) is 11.4. The van der Waals surface area contributed by atoms with Crippen molar-refractivity contribution in [3.05, 3.63) is 0 Å². The molecule has 0 unspecified atom stereocenters. The molecule has 1 fully saturated rings. The molecule has 1 aliphatic carbocycles. The third-order valence-electron chi connectivity index (χ3n) is 2.19. The number of carboxylic acid groups (broad SMARTS) is 1. The first-order valence-electron chi connectivity index (χ1n) is 4.01. The summed E-state index contributed by atoms with van der Waals surface area (Å²) in [7, 11) is 0. The molecule has 0 heterocycles. The Balaban J connectivity index is 0.000001000. The molecule has 1 saturated carbocycles. The summed E-state index contributed by atoms with van der Waals surface area (Å²) in [6.45, 7) is 0. The summed E-state index contributed by atoms with van der Waals surface area (Å²) in [6, 6.07) is 0. The van der Waals surface area contributed by atoms with E-state index in [2.05, 4.69) is 0 Å². The first-order chi connectivity index (χ1) is 4.79. The van der Waals surface area contributed by atoms with Gasteiger partial charge in [0, 0.05) is 6.42 Å². The topological polar surface area (TPSA) is 37.3 Å². The van der Waals surface area contributed by atoms with Gasteiger partial charge < -0.3 is 5.11 Å². The van der Waals surface area contributed by atoms with Crippen LogP contribution in [-0.4, -0.2) is 38.4 Å². The van der Waals surface area contributed by atoms with Crippen molar-refractivity contribution in [3.63, 3.8) is 0 Å². The Morgan fingerprint density at radius 2 is 1.82 bits per heavy atom. The Labute approximate surface area is 87.5 Å². The van der Waals surface area contributed by atoms with Gasteiger partial charge in [-0.25, -0.2) is 0 Å². The van der Waals surface area contributed by atoms with Crippen LogP contribution in [0, 0.1) is 5.92 Å². The number of hydrogen-bond acceptors (Lipinski definition) is 1. The molecular formula is C8H16O2Pb. The minimum atomic E-state index is -0.632. The predicted molar refractivity (Wildman–Crippen MR) is 47.4 cm³/mol. The fourth-order valence-corrected chi connectivity index (χ4v) is 1.64. The van der Waals surface area contributed by atoms with E-state index >= 15 is 0 Å². The zero-order chi connectivity index (χ0) is 7.40. The molecule has 3 heteroatoms. The van der Waals surface area contributed by atoms with Crippen LogP contribution in [0.2, 0.25) is 0 Å². The zero-order valence-corrected chi connectivity index (χ0v) is 12.4. The van der Waals surface area contributed by atoms with E-state index in [-0.39, 0.29) is 27.3 Å². The second-order valence-corrected chi connectivity index (χ2v) is 3.10. The van der Waals surface area contributed by atoms with Crippen molar-refractivity contribution < 1.29 is 9.90 Å². The van der Waals surface area contributed by atoms with Crippen molar-refractivity contribution in [3.8, 4) is 0 Å². The number of hydrogen-bond donors (Lipinski definition) is 1. The number of aliphatic carboxylic acids is 1. The quantitative estimate of drug-likeness (QED) is 0.758. The van der Waals surface area contributed by atoms with Crippen LogP contribution in [0.25, 0.3) is 0 Å². The summed E-state index contributed by atoms with van der Waals surface area (Å²) in [4.78, 5) is 10.3. The van der Waals surface area contributed by atoms with E-state index in [4.69, 9.17) is 5.11 Å². The van der Waals surface area contributed by atoms with Gasteiger partial charge in [0.1, 0.15) is 0 Å². The predicted octanol–water partition coefficient (Wildman–Crippen LogP) is 1.13. The van der Waals surface area contributed by atoms with Crippen molar-refractivity contribution in [2.75, 3.05) is 0 Å². The van der Waals surface area contributed by atoms with Gasteiger partial charge in [-0.05, 0) is 18.8 Å². The summed E-state index contributed by atoms with van der Waals surface area (Å²) in [5.74, 6) is -0.154. The van der Waals surface area contributed by atoms with E-state index in [1.165, 1.54) is 19.3 Å². The number of carbonyl (C=O) groups is 1. The Bertz CT molecular complexity index is 119. The van der Waals surface area contributed by atoms with Crippen molar-refractivity contribution in [1.29, 1.82) is 0 Å². The number of carboxylic acids is 1. The van der Waals surface area contributed by atoms with Crippen LogP contribution in [-0.2, 0) is 4.79 Å². The molecule has 0 aromatic heterocycles. The minimum absolute atomic E-state index is 0. The standard InChI is InChI=1S/C8H14O2.Pb.2H/c9-8(10)6-7-4-2-1-3-5-7;;;/h7H,1-6H2,(H,9,10);;;. The average molecular weight is 351 g/mol. The fraction of sp³-hybridized carbons (Fsp3) is 0.875. The summed E-state index contributed by atoms with van der Waals surface area (Å²) in [5.41, 5.74) is 0. The molecule has 11 heavy (non-hydrogen) atoms. The molecule has 1 aliphatic rings. The molecule has 0 aliphatic heterocycles. The van der Waals surface area contributed by atoms with E-state index in [0.717, 1.165) is 12.8 Å². The van der Waals surface area contributed by atoms with Crippen molar-refractivity contribution in [1.82, 2.24) is 0 Å². The van der Waals surface area contributed by atoms with E-state index in [9.17, 15) is 4.79 Å². The van der Waals surface area contributed by atoms with Crippen LogP contribution >= 0.6 is 0 Å². The van der Waals surface area contributed by atoms with Gasteiger partial charge >= 0.3 is 33.3 Å². The first-order valence-corrected chi connectivity index (χ1v) is 4.01. The Morgan fingerprint density at radius 3 is 2.27 bits per heavy atom. The monoisotopic (exact) mass is 352 g/mol. The van der Waals surface area contributed by atoms with Crippen LogP contribution in [0.5, 0.6) is 0 Å². The summed E-state index contributed by atoms with van der Waals surface area (Å²) >= 11 is 0. The molecule has 0 bridgehead atoms. The van der Waals surface area contributed by atoms with Gasteiger partial charge in [-0.15, -0.1) is 0 Å². The van der Waals surface area contributed by atoms with Crippen molar-refractivity contribution in [2.45, 2.75) is 38.5 Å². The SMILES string of the molecule is O=C(O)CC1CCCCC1.[PbH2]. The second kappa shape index (κ2) is 5.97. The van der Waals surface area contributed by atoms with Gasteiger partial charge in [-0.2, -0.15) is 0 Å². The molecule has 0 amide bonds. The summed E-state index contributed by atoms with van der Waals surface area (Å²) < 4.78 is 0. The van der Waals surface area contributed by atoms with E-state index in [0.29, 0.717) is 12.3 Å². The van der Waals surface area contributed by atoms with E-state index < -0.39 is 5.97 Å². The second-order valence-electron chi connectivity index (χ2n) is 3.10. The van der Waals surface area contributed by atoms with Crippen LogP contribution in [0.15, 0.2) is 0 Å². The van der Waals surface area contributed by atoms with Gasteiger partial charge in [0.05, 0.1) is 0 Å². The third-order valence-corrected chi connectivity index (χ3v) is 2.19. The van der Waals surface area contributed by atoms with Crippen LogP contribution < -0.4 is 0 Å². The molecule has 0 saturated heterocycles. The molecule has 0 spiro atoms. The Morgan fingerprint density at radius 1 is 1.27 bits per heavy atom. The zero-order valence-electron chi connectivity index (χ0n) is 6.88. The molecule has 2 nitrogen and oxygen atoms in total. The summed E-state index contributed by atoms with van der Waals surface area (Å²) in [5, 5.41) is 8.47. The van der Waals surface area contributed by atoms with E-state index in [1.807, 2.05) is 0 Å². The van der Waals surface area contributed by atoms with Crippen LogP contribution in [0.1, 0.15) is 38.5 Å². The van der Waals surface area contributed by atoms with E-state index in [1.54, 1.807) is 0 Å².